The molecule has 0 bridgehead atoms. The number of nitrogens with one attached hydrogen (secondary N) is 1. The van der Waals surface area contributed by atoms with Gasteiger partial charge in [-0.2, -0.15) is 0 Å². The van der Waals surface area contributed by atoms with Crippen molar-refractivity contribution < 1.29 is 15.0 Å². The topological polar surface area (TPSA) is 69.6 Å². The largest absolute Gasteiger partial charge is 0.480 e. The van der Waals surface area contributed by atoms with Gasteiger partial charge in [0.2, 0.25) is 0 Å². The van der Waals surface area contributed by atoms with Gasteiger partial charge in [0.15, 0.2) is 0 Å². The molecule has 13 heavy (non-hydrogen) atoms. The van der Waals surface area contributed by atoms with Crippen LogP contribution in [0, 0.1) is 11.8 Å². The summed E-state index contributed by atoms with van der Waals surface area (Å²) < 4.78 is 0. The Hall–Kier alpha value is -0.610. The van der Waals surface area contributed by atoms with Gasteiger partial charge < -0.3 is 15.5 Å². The monoisotopic (exact) mass is 187 g/mol. The molecule has 1 saturated heterocycles. The molecule has 1 fully saturated rings. The fraction of sp³-hybridized carbons (Fsp3) is 0.889. The molecule has 0 saturated carbocycles. The summed E-state index contributed by atoms with van der Waals surface area (Å²) >= 11 is 0. The molecule has 0 amide bonds. The standard InChI is InChI=1S/C9H17NO3/c1-4-7(6(3)11)5(2)10-8(4)9(12)13/h4-8,10-11H,1-3H3,(H,12,13)/t4-,5+,6-,7+,8+/m1/s1. The third-order valence-electron chi connectivity index (χ3n) is 2.98. The van der Waals surface area contributed by atoms with Crippen LogP contribution in [0.15, 0.2) is 0 Å². The zero-order valence-electron chi connectivity index (χ0n) is 8.19. The molecule has 0 unspecified atom stereocenters. The lowest BCUT2D eigenvalue weighted by Gasteiger charge is -2.22. The number of aliphatic hydroxyl groups is 1. The van der Waals surface area contributed by atoms with Crippen LogP contribution in [0.5, 0.6) is 0 Å². The molecule has 5 atom stereocenters. The number of carboxylic acid groups (broad SMARTS) is 1. The van der Waals surface area contributed by atoms with Crippen molar-refractivity contribution in [2.45, 2.75) is 39.0 Å². The summed E-state index contributed by atoms with van der Waals surface area (Å²) in [6.07, 6.45) is -0.457. The summed E-state index contributed by atoms with van der Waals surface area (Å²) in [5.41, 5.74) is 0. The van der Waals surface area contributed by atoms with Crippen molar-refractivity contribution in [3.8, 4) is 0 Å². The van der Waals surface area contributed by atoms with Crippen molar-refractivity contribution in [1.82, 2.24) is 5.32 Å². The van der Waals surface area contributed by atoms with Crippen LogP contribution in [0.2, 0.25) is 0 Å². The summed E-state index contributed by atoms with van der Waals surface area (Å²) in [7, 11) is 0. The minimum atomic E-state index is -0.831. The van der Waals surface area contributed by atoms with E-state index in [0.717, 1.165) is 0 Å². The number of rotatable bonds is 2. The van der Waals surface area contributed by atoms with E-state index < -0.39 is 18.1 Å². The number of aliphatic hydroxyl groups excluding tert-OH is 1. The van der Waals surface area contributed by atoms with Crippen molar-refractivity contribution >= 4 is 5.97 Å². The summed E-state index contributed by atoms with van der Waals surface area (Å²) in [5, 5.41) is 21.3. The third kappa shape index (κ3) is 1.84. The summed E-state index contributed by atoms with van der Waals surface area (Å²) in [4.78, 5) is 10.8. The Morgan fingerprint density at radius 2 is 2.00 bits per heavy atom. The normalized spacial score (nSPS) is 41.8. The molecule has 0 spiro atoms. The number of aliphatic carboxylic acids is 1. The number of hydrogen-bond donors (Lipinski definition) is 3. The zero-order valence-corrected chi connectivity index (χ0v) is 8.19. The van der Waals surface area contributed by atoms with E-state index in [0.29, 0.717) is 0 Å². The number of hydrogen-bond acceptors (Lipinski definition) is 3. The summed E-state index contributed by atoms with van der Waals surface area (Å²) in [5.74, 6) is -0.823. The maximum absolute atomic E-state index is 10.8. The molecule has 4 heteroatoms. The Labute approximate surface area is 78.0 Å². The Morgan fingerprint density at radius 1 is 1.46 bits per heavy atom. The molecular formula is C9H17NO3. The molecule has 0 radical (unpaired) electrons. The molecule has 0 aromatic heterocycles. The first-order valence-corrected chi connectivity index (χ1v) is 4.62. The average molecular weight is 187 g/mol. The minimum Gasteiger partial charge on any atom is -0.480 e. The Kier molecular flexibility index (Phi) is 2.93. The molecule has 3 N–H and O–H groups in total. The highest BCUT2D eigenvalue weighted by Gasteiger charge is 2.43. The maximum Gasteiger partial charge on any atom is 0.320 e. The second-order valence-corrected chi connectivity index (χ2v) is 3.95. The third-order valence-corrected chi connectivity index (χ3v) is 2.98. The first kappa shape index (κ1) is 10.5. The van der Waals surface area contributed by atoms with Crippen LogP contribution in [0.1, 0.15) is 20.8 Å². The highest BCUT2D eigenvalue weighted by Crippen LogP contribution is 2.29. The van der Waals surface area contributed by atoms with Crippen LogP contribution >= 0.6 is 0 Å². The Bertz CT molecular complexity index is 205. The van der Waals surface area contributed by atoms with Crippen LogP contribution in [-0.2, 0) is 4.79 Å². The van der Waals surface area contributed by atoms with E-state index in [1.165, 1.54) is 0 Å². The van der Waals surface area contributed by atoms with Gasteiger partial charge in [-0.15, -0.1) is 0 Å². The van der Waals surface area contributed by atoms with Crippen molar-refractivity contribution in [1.29, 1.82) is 0 Å². The van der Waals surface area contributed by atoms with Gasteiger partial charge in [-0.25, -0.2) is 0 Å². The highest BCUT2D eigenvalue weighted by atomic mass is 16.4. The van der Waals surface area contributed by atoms with Crippen LogP contribution in [-0.4, -0.2) is 34.4 Å². The summed E-state index contributed by atoms with van der Waals surface area (Å²) in [6, 6.07) is -0.453. The van der Waals surface area contributed by atoms with Crippen molar-refractivity contribution in [2.75, 3.05) is 0 Å². The van der Waals surface area contributed by atoms with Crippen LogP contribution < -0.4 is 5.32 Å². The van der Waals surface area contributed by atoms with Crippen LogP contribution in [0.3, 0.4) is 0 Å². The lowest BCUT2D eigenvalue weighted by Crippen LogP contribution is -2.36. The van der Waals surface area contributed by atoms with Gasteiger partial charge in [-0.05, 0) is 19.8 Å². The van der Waals surface area contributed by atoms with Crippen LogP contribution in [0.4, 0.5) is 0 Å². The Morgan fingerprint density at radius 3 is 2.23 bits per heavy atom. The molecule has 0 aliphatic carbocycles. The molecule has 4 nitrogen and oxygen atoms in total. The number of carboxylic acids is 1. The molecule has 0 aromatic rings. The SMILES string of the molecule is C[C@@H]1[C@H]([C@@H](C)O)[C@H](C)N[C@@H]1C(=O)O. The van der Waals surface area contributed by atoms with Crippen LogP contribution in [0.25, 0.3) is 0 Å². The second kappa shape index (κ2) is 3.64. The van der Waals surface area contributed by atoms with Crippen molar-refractivity contribution in [3.63, 3.8) is 0 Å². The minimum absolute atomic E-state index is 0.0208. The molecule has 1 aliphatic heterocycles. The van der Waals surface area contributed by atoms with E-state index in [1.807, 2.05) is 13.8 Å². The molecular weight excluding hydrogens is 170 g/mol. The van der Waals surface area contributed by atoms with E-state index in [4.69, 9.17) is 5.11 Å². The average Bonchev–Trinajstić information content (AvgIpc) is 2.26. The quantitative estimate of drug-likeness (QED) is 0.572. The maximum atomic E-state index is 10.8. The molecule has 1 rings (SSSR count). The lowest BCUT2D eigenvalue weighted by molar-refractivity contribution is -0.140. The first-order chi connectivity index (χ1) is 5.95. The predicted molar refractivity (Wildman–Crippen MR) is 48.4 cm³/mol. The van der Waals surface area contributed by atoms with E-state index in [-0.39, 0.29) is 17.9 Å². The van der Waals surface area contributed by atoms with Gasteiger partial charge in [0.05, 0.1) is 6.10 Å². The van der Waals surface area contributed by atoms with Gasteiger partial charge >= 0.3 is 5.97 Å². The predicted octanol–water partition coefficient (Wildman–Crippen LogP) is 0.0644. The van der Waals surface area contributed by atoms with Gasteiger partial charge in [0.1, 0.15) is 6.04 Å². The van der Waals surface area contributed by atoms with E-state index >= 15 is 0 Å². The van der Waals surface area contributed by atoms with Crippen molar-refractivity contribution in [3.05, 3.63) is 0 Å². The van der Waals surface area contributed by atoms with Gasteiger partial charge in [-0.1, -0.05) is 6.92 Å². The second-order valence-electron chi connectivity index (χ2n) is 3.95. The molecule has 76 valence electrons. The summed E-state index contributed by atoms with van der Waals surface area (Å²) in [6.45, 7) is 5.49. The van der Waals surface area contributed by atoms with E-state index in [9.17, 15) is 9.90 Å². The molecule has 1 aliphatic rings. The number of carbonyl (C=O) groups is 1. The fourth-order valence-electron chi connectivity index (χ4n) is 2.38. The molecule has 1 heterocycles. The Balaban J connectivity index is 2.75. The first-order valence-electron chi connectivity index (χ1n) is 4.62. The zero-order chi connectivity index (χ0) is 10.2. The lowest BCUT2D eigenvalue weighted by atomic mass is 9.85. The van der Waals surface area contributed by atoms with Crippen molar-refractivity contribution in [2.24, 2.45) is 11.8 Å². The molecule has 0 aromatic carbocycles. The van der Waals surface area contributed by atoms with Gasteiger partial charge in [0.25, 0.3) is 0 Å². The highest BCUT2D eigenvalue weighted by molar-refractivity contribution is 5.74. The van der Waals surface area contributed by atoms with Gasteiger partial charge in [-0.3, -0.25) is 4.79 Å². The van der Waals surface area contributed by atoms with Gasteiger partial charge in [0, 0.05) is 12.0 Å². The van der Waals surface area contributed by atoms with E-state index in [2.05, 4.69) is 5.32 Å². The fourth-order valence-corrected chi connectivity index (χ4v) is 2.38. The van der Waals surface area contributed by atoms with E-state index in [1.54, 1.807) is 6.92 Å². The smallest absolute Gasteiger partial charge is 0.320 e.